The van der Waals surface area contributed by atoms with Crippen molar-refractivity contribution in [1.82, 2.24) is 15.2 Å². The van der Waals surface area contributed by atoms with Crippen LogP contribution in [0.3, 0.4) is 0 Å². The Labute approximate surface area is 113 Å². The maximum atomic E-state index is 5.38. The molecule has 1 N–H and O–H groups in total. The van der Waals surface area contributed by atoms with Crippen LogP contribution in [0.25, 0.3) is 0 Å². The molecule has 0 spiro atoms. The van der Waals surface area contributed by atoms with Crippen molar-refractivity contribution in [3.63, 3.8) is 0 Å². The van der Waals surface area contributed by atoms with E-state index in [0.717, 1.165) is 39.1 Å². The molecule has 102 valence electrons. The summed E-state index contributed by atoms with van der Waals surface area (Å²) in [5.41, 5.74) is 1.20. The van der Waals surface area contributed by atoms with Gasteiger partial charge in [0.05, 0.1) is 11.8 Å². The third-order valence-corrected chi connectivity index (χ3v) is 4.15. The van der Waals surface area contributed by atoms with Gasteiger partial charge in [-0.15, -0.1) is 11.3 Å². The van der Waals surface area contributed by atoms with Crippen LogP contribution < -0.4 is 5.32 Å². The van der Waals surface area contributed by atoms with Crippen LogP contribution in [0.1, 0.15) is 30.5 Å². The average molecular weight is 269 g/mol. The van der Waals surface area contributed by atoms with Crippen molar-refractivity contribution in [3.8, 4) is 0 Å². The van der Waals surface area contributed by atoms with Gasteiger partial charge in [0, 0.05) is 38.7 Å². The van der Waals surface area contributed by atoms with Crippen molar-refractivity contribution >= 4 is 11.3 Å². The fraction of sp³-hybridized carbons (Fsp3) is 0.769. The fourth-order valence-corrected chi connectivity index (χ4v) is 2.99. The van der Waals surface area contributed by atoms with E-state index in [0.29, 0.717) is 6.10 Å². The molecule has 4 nitrogen and oxygen atoms in total. The molecule has 1 unspecified atom stereocenters. The first-order valence-electron chi connectivity index (χ1n) is 6.71. The third-order valence-electron chi connectivity index (χ3n) is 3.25. The van der Waals surface area contributed by atoms with E-state index >= 15 is 0 Å². The highest BCUT2D eigenvalue weighted by atomic mass is 32.1. The van der Waals surface area contributed by atoms with E-state index in [2.05, 4.69) is 27.5 Å². The van der Waals surface area contributed by atoms with E-state index in [4.69, 9.17) is 4.74 Å². The molecule has 1 aromatic heterocycles. The predicted molar refractivity (Wildman–Crippen MR) is 74.8 cm³/mol. The molecule has 0 aromatic carbocycles. The number of rotatable bonds is 7. The van der Waals surface area contributed by atoms with Gasteiger partial charge in [-0.25, -0.2) is 4.98 Å². The predicted octanol–water partition coefficient (Wildman–Crippen LogP) is 1.86. The van der Waals surface area contributed by atoms with Gasteiger partial charge >= 0.3 is 0 Å². The number of hydrogen-bond donors (Lipinski definition) is 1. The van der Waals surface area contributed by atoms with Crippen molar-refractivity contribution < 1.29 is 4.74 Å². The minimum atomic E-state index is 0.411. The first-order chi connectivity index (χ1) is 8.81. The number of nitrogens with zero attached hydrogens (tertiary/aromatic N) is 2. The van der Waals surface area contributed by atoms with Crippen LogP contribution in [0, 0.1) is 0 Å². The Morgan fingerprint density at radius 2 is 2.50 bits per heavy atom. The van der Waals surface area contributed by atoms with Gasteiger partial charge in [0.2, 0.25) is 0 Å². The van der Waals surface area contributed by atoms with Gasteiger partial charge < -0.3 is 10.1 Å². The molecule has 0 saturated carbocycles. The van der Waals surface area contributed by atoms with Crippen LogP contribution in [0.4, 0.5) is 0 Å². The quantitative estimate of drug-likeness (QED) is 0.767. The lowest BCUT2D eigenvalue weighted by Crippen LogP contribution is -2.22. The Bertz CT molecular complexity index is 356. The molecule has 1 aliphatic heterocycles. The molecular weight excluding hydrogens is 246 g/mol. The van der Waals surface area contributed by atoms with Crippen molar-refractivity contribution in [3.05, 3.63) is 16.1 Å². The first kappa shape index (κ1) is 13.9. The lowest BCUT2D eigenvalue weighted by atomic mass is 10.3. The topological polar surface area (TPSA) is 37.4 Å². The number of ether oxygens (including phenoxy) is 1. The van der Waals surface area contributed by atoms with Crippen LogP contribution in [0.5, 0.6) is 0 Å². The number of methoxy groups -OCH3 is 1. The maximum Gasteiger partial charge on any atom is 0.107 e. The van der Waals surface area contributed by atoms with E-state index in [-0.39, 0.29) is 0 Å². The van der Waals surface area contributed by atoms with Gasteiger partial charge in [-0.2, -0.15) is 0 Å². The van der Waals surface area contributed by atoms with E-state index in [1.54, 1.807) is 18.4 Å². The zero-order valence-electron chi connectivity index (χ0n) is 11.3. The molecule has 2 rings (SSSR count). The number of likely N-dealkylation sites (tertiary alicyclic amines) is 1. The number of nitrogens with one attached hydrogen (secondary N) is 1. The lowest BCUT2D eigenvalue weighted by Gasteiger charge is -2.13. The highest BCUT2D eigenvalue weighted by Crippen LogP contribution is 2.17. The maximum absolute atomic E-state index is 5.38. The van der Waals surface area contributed by atoms with Gasteiger partial charge in [0.15, 0.2) is 0 Å². The van der Waals surface area contributed by atoms with E-state index in [1.165, 1.54) is 17.1 Å². The number of hydrogen-bond acceptors (Lipinski definition) is 5. The Balaban J connectivity index is 1.76. The Morgan fingerprint density at radius 1 is 1.61 bits per heavy atom. The molecule has 18 heavy (non-hydrogen) atoms. The van der Waals surface area contributed by atoms with Gasteiger partial charge in [0.25, 0.3) is 0 Å². The van der Waals surface area contributed by atoms with Crippen LogP contribution in [0.2, 0.25) is 0 Å². The SMILES string of the molecule is CCCNCc1nc(CN2CCC(OC)C2)cs1. The molecule has 0 bridgehead atoms. The number of aromatic nitrogens is 1. The van der Waals surface area contributed by atoms with Gasteiger partial charge in [0.1, 0.15) is 5.01 Å². The summed E-state index contributed by atoms with van der Waals surface area (Å²) in [6.07, 6.45) is 2.73. The zero-order valence-corrected chi connectivity index (χ0v) is 12.1. The summed E-state index contributed by atoms with van der Waals surface area (Å²) in [4.78, 5) is 7.09. The molecule has 1 saturated heterocycles. The minimum Gasteiger partial charge on any atom is -0.380 e. The molecule has 5 heteroatoms. The Morgan fingerprint density at radius 3 is 3.22 bits per heavy atom. The summed E-state index contributed by atoms with van der Waals surface area (Å²) in [5.74, 6) is 0. The highest BCUT2D eigenvalue weighted by Gasteiger charge is 2.22. The van der Waals surface area contributed by atoms with Crippen molar-refractivity contribution in [2.75, 3.05) is 26.7 Å². The van der Waals surface area contributed by atoms with Crippen molar-refractivity contribution in [1.29, 1.82) is 0 Å². The summed E-state index contributed by atoms with van der Waals surface area (Å²) in [6.45, 7) is 7.27. The van der Waals surface area contributed by atoms with Crippen LogP contribution in [-0.4, -0.2) is 42.7 Å². The lowest BCUT2D eigenvalue weighted by molar-refractivity contribution is 0.107. The minimum absolute atomic E-state index is 0.411. The summed E-state index contributed by atoms with van der Waals surface area (Å²) >= 11 is 1.76. The Hall–Kier alpha value is -0.490. The summed E-state index contributed by atoms with van der Waals surface area (Å²) in [7, 11) is 1.80. The summed E-state index contributed by atoms with van der Waals surface area (Å²) in [6, 6.07) is 0. The second-order valence-corrected chi connectivity index (χ2v) is 5.73. The molecular formula is C13H23N3OS. The molecule has 1 aromatic rings. The van der Waals surface area contributed by atoms with Gasteiger partial charge in [-0.3, -0.25) is 4.90 Å². The van der Waals surface area contributed by atoms with Gasteiger partial charge in [-0.05, 0) is 19.4 Å². The van der Waals surface area contributed by atoms with Crippen molar-refractivity contribution in [2.24, 2.45) is 0 Å². The van der Waals surface area contributed by atoms with Gasteiger partial charge in [-0.1, -0.05) is 6.92 Å². The Kier molecular flexibility index (Phi) is 5.56. The monoisotopic (exact) mass is 269 g/mol. The van der Waals surface area contributed by atoms with E-state index in [9.17, 15) is 0 Å². The summed E-state index contributed by atoms with van der Waals surface area (Å²) in [5, 5.41) is 6.77. The average Bonchev–Trinajstić information content (AvgIpc) is 3.00. The van der Waals surface area contributed by atoms with E-state index in [1.807, 2.05) is 0 Å². The van der Waals surface area contributed by atoms with Crippen LogP contribution in [0.15, 0.2) is 5.38 Å². The zero-order chi connectivity index (χ0) is 12.8. The molecule has 1 atom stereocenters. The molecule has 1 aliphatic rings. The van der Waals surface area contributed by atoms with Crippen LogP contribution >= 0.6 is 11.3 Å². The normalized spacial score (nSPS) is 20.7. The highest BCUT2D eigenvalue weighted by molar-refractivity contribution is 7.09. The largest absolute Gasteiger partial charge is 0.380 e. The molecule has 0 amide bonds. The number of thiazole rings is 1. The fourth-order valence-electron chi connectivity index (χ4n) is 2.24. The third kappa shape index (κ3) is 4.02. The molecule has 2 heterocycles. The standard InChI is InChI=1S/C13H23N3OS/c1-3-5-14-7-13-15-11(10-18-13)8-16-6-4-12(9-16)17-2/h10,12,14H,3-9H2,1-2H3. The second kappa shape index (κ2) is 7.19. The van der Waals surface area contributed by atoms with Crippen molar-refractivity contribution in [2.45, 2.75) is 39.0 Å². The second-order valence-electron chi connectivity index (χ2n) is 4.79. The molecule has 0 aliphatic carbocycles. The summed E-state index contributed by atoms with van der Waals surface area (Å²) < 4.78 is 5.38. The van der Waals surface area contributed by atoms with Crippen LogP contribution in [-0.2, 0) is 17.8 Å². The molecule has 0 radical (unpaired) electrons. The molecule has 1 fully saturated rings. The smallest absolute Gasteiger partial charge is 0.107 e. The van der Waals surface area contributed by atoms with E-state index < -0.39 is 0 Å². The first-order valence-corrected chi connectivity index (χ1v) is 7.59.